The lowest BCUT2D eigenvalue weighted by atomic mass is 9.85. The van der Waals surface area contributed by atoms with Crippen LogP contribution in [0.25, 0.3) is 27.6 Å². The van der Waals surface area contributed by atoms with E-state index in [1.807, 2.05) is 24.3 Å². The lowest BCUT2D eigenvalue weighted by Crippen LogP contribution is -2.44. The number of likely N-dealkylation sites (tertiary alicyclic amines) is 1. The second-order valence-electron chi connectivity index (χ2n) is 17.6. The molecule has 0 bridgehead atoms. The van der Waals surface area contributed by atoms with Crippen LogP contribution in [0.3, 0.4) is 0 Å². The van der Waals surface area contributed by atoms with E-state index in [0.717, 1.165) is 92.2 Å². The summed E-state index contributed by atoms with van der Waals surface area (Å²) < 4.78 is 6.84. The van der Waals surface area contributed by atoms with Crippen molar-refractivity contribution in [2.75, 3.05) is 32.0 Å². The summed E-state index contributed by atoms with van der Waals surface area (Å²) in [5, 5.41) is 26.7. The van der Waals surface area contributed by atoms with E-state index < -0.39 is 17.6 Å². The molecule has 6 heterocycles. The minimum atomic E-state index is -1.22. The first kappa shape index (κ1) is 39.7. The maximum absolute atomic E-state index is 13.4. The third kappa shape index (κ3) is 7.52. The predicted molar refractivity (Wildman–Crippen MR) is 226 cm³/mol. The van der Waals surface area contributed by atoms with Gasteiger partial charge in [-0.2, -0.15) is 10.2 Å². The monoisotopic (exact) mass is 815 g/mol. The van der Waals surface area contributed by atoms with Crippen LogP contribution in [0.4, 0.5) is 5.69 Å². The number of carbonyl (C=O) groups excluding carboxylic acids is 3. The van der Waals surface area contributed by atoms with Crippen molar-refractivity contribution in [1.29, 1.82) is 0 Å². The Kier molecular flexibility index (Phi) is 10.4. The fourth-order valence-electron chi connectivity index (χ4n) is 9.85. The number of imidazole rings is 1. The van der Waals surface area contributed by atoms with Crippen molar-refractivity contribution >= 4 is 51.0 Å². The topological polar surface area (TPSA) is 177 Å². The molecule has 1 unspecified atom stereocenters. The molecule has 4 aromatic heterocycles. The van der Waals surface area contributed by atoms with E-state index in [1.165, 1.54) is 6.20 Å². The van der Waals surface area contributed by atoms with Gasteiger partial charge in [0, 0.05) is 67.8 Å². The number of aromatic nitrogens is 7. The fourth-order valence-corrected chi connectivity index (χ4v) is 9.85. The fraction of sp³-hybridized carbons (Fsp3) is 0.477. The van der Waals surface area contributed by atoms with Crippen molar-refractivity contribution in [3.63, 3.8) is 0 Å². The zero-order chi connectivity index (χ0) is 41.9. The Morgan fingerprint density at radius 1 is 1.03 bits per heavy atom. The van der Waals surface area contributed by atoms with Gasteiger partial charge in [-0.05, 0) is 115 Å². The third-order valence-electron chi connectivity index (χ3n) is 13.1. The van der Waals surface area contributed by atoms with Crippen LogP contribution in [0.2, 0.25) is 0 Å². The van der Waals surface area contributed by atoms with E-state index >= 15 is 0 Å². The minimum absolute atomic E-state index is 0.218. The summed E-state index contributed by atoms with van der Waals surface area (Å²) in [7, 11) is 4.03. The summed E-state index contributed by atoms with van der Waals surface area (Å²) in [6, 6.07) is 11.6. The molecule has 0 spiro atoms. The Morgan fingerprint density at radius 3 is 2.57 bits per heavy atom. The molecular formula is C44H53N11O5. The number of piperidine rings is 2. The Labute approximate surface area is 347 Å². The highest BCUT2D eigenvalue weighted by Crippen LogP contribution is 2.37. The normalized spacial score (nSPS) is 21.1. The van der Waals surface area contributed by atoms with Crippen molar-refractivity contribution in [3.8, 4) is 0 Å². The molecule has 2 aliphatic heterocycles. The van der Waals surface area contributed by atoms with Crippen LogP contribution in [-0.2, 0) is 28.8 Å². The van der Waals surface area contributed by atoms with Gasteiger partial charge < -0.3 is 15.3 Å². The number of rotatable bonds is 10. The maximum Gasteiger partial charge on any atom is 0.329 e. The van der Waals surface area contributed by atoms with Gasteiger partial charge in [0.15, 0.2) is 5.65 Å². The van der Waals surface area contributed by atoms with Gasteiger partial charge in [0.25, 0.3) is 5.91 Å². The van der Waals surface area contributed by atoms with E-state index in [2.05, 4.69) is 54.5 Å². The van der Waals surface area contributed by atoms with Crippen molar-refractivity contribution in [2.45, 2.75) is 95.5 Å². The molecule has 3 aliphatic rings. The Bertz CT molecular complexity index is 2670. The molecule has 16 heteroatoms. The number of nitrogens with zero attached hydrogens (tertiary/aromatic N) is 9. The number of amides is 3. The smallest absolute Gasteiger partial charge is 0.329 e. The highest BCUT2D eigenvalue weighted by atomic mass is 16.3. The highest BCUT2D eigenvalue weighted by Gasteiger charge is 2.33. The number of fused-ring (bicyclic) bond motifs is 3. The molecule has 1 aliphatic carbocycles. The average molecular weight is 816 g/mol. The summed E-state index contributed by atoms with van der Waals surface area (Å²) >= 11 is 0. The highest BCUT2D eigenvalue weighted by molar-refractivity contribution is 6.09. The second kappa shape index (κ2) is 15.7. The first-order valence-electron chi connectivity index (χ1n) is 21.1. The summed E-state index contributed by atoms with van der Waals surface area (Å²) in [5.74, 6) is -0.453. The molecule has 9 rings (SSSR count). The number of benzene rings is 2. The van der Waals surface area contributed by atoms with Crippen molar-refractivity contribution in [2.24, 2.45) is 13.0 Å². The van der Waals surface area contributed by atoms with Crippen molar-refractivity contribution < 1.29 is 19.5 Å². The van der Waals surface area contributed by atoms with E-state index in [-0.39, 0.29) is 30.0 Å². The quantitative estimate of drug-likeness (QED) is 0.167. The first-order chi connectivity index (χ1) is 28.8. The van der Waals surface area contributed by atoms with Crippen molar-refractivity contribution in [3.05, 3.63) is 88.4 Å². The van der Waals surface area contributed by atoms with Crippen LogP contribution in [0.5, 0.6) is 0 Å². The summed E-state index contributed by atoms with van der Waals surface area (Å²) in [6.45, 7) is 7.13. The summed E-state index contributed by atoms with van der Waals surface area (Å²) in [6.07, 6.45) is 13.9. The van der Waals surface area contributed by atoms with E-state index in [4.69, 9.17) is 5.10 Å². The van der Waals surface area contributed by atoms with Crippen LogP contribution in [0.15, 0.2) is 66.0 Å². The van der Waals surface area contributed by atoms with E-state index in [1.54, 1.807) is 53.0 Å². The van der Waals surface area contributed by atoms with Crippen LogP contribution >= 0.6 is 0 Å². The molecule has 3 N–H and O–H groups in total. The number of nitrogens with one attached hydrogen (secondary N) is 2. The number of hydrogen-bond donors (Lipinski definition) is 3. The number of anilines is 1. The van der Waals surface area contributed by atoms with Gasteiger partial charge in [-0.25, -0.2) is 14.3 Å². The second-order valence-corrected chi connectivity index (χ2v) is 17.6. The largest absolute Gasteiger partial charge is 0.386 e. The molecule has 314 valence electrons. The Morgan fingerprint density at radius 2 is 1.82 bits per heavy atom. The van der Waals surface area contributed by atoms with Crippen LogP contribution in [0, 0.1) is 5.92 Å². The standard InChI is InChI=1S/C44H53N11O5/c1-44(2,60)33-22-34-29(21-35(33)47-41(57)32-23-46-53-18-6-17-45-40(32)53)26-54(49-34)31-11-9-27(10-12-31)24-50(3)30-15-19-52(20-16-30)25-28-7-5-8-36-39(28)51(4)43(59)55(36)37-13-14-38(56)48-42(37)58/h5-8,17-18,21-23,26-27,30-31,37,60H,9-16,19-20,24-25H2,1-4H3,(H,47,57)(H,48,56,58). The number of aliphatic hydroxyl groups is 1. The third-order valence-corrected chi connectivity index (χ3v) is 13.1. The van der Waals surface area contributed by atoms with Crippen LogP contribution in [-0.4, -0.2) is 98.9 Å². The Balaban J connectivity index is 0.799. The SMILES string of the molecule is CN(CC1CCC(n2cc3cc(NC(=O)c4cnn5cccnc45)c(C(C)(C)O)cc3n2)CC1)C1CCN(Cc2cccc3c2n(C)c(=O)n3C2CCC(=O)NC2=O)CC1. The van der Waals surface area contributed by atoms with Crippen LogP contribution < -0.4 is 16.3 Å². The van der Waals surface area contributed by atoms with E-state index in [0.29, 0.717) is 40.8 Å². The molecule has 60 heavy (non-hydrogen) atoms. The van der Waals surface area contributed by atoms with Gasteiger partial charge in [0.1, 0.15) is 11.6 Å². The zero-order valence-corrected chi connectivity index (χ0v) is 34.7. The molecule has 1 saturated carbocycles. The zero-order valence-electron chi connectivity index (χ0n) is 34.7. The van der Waals surface area contributed by atoms with Gasteiger partial charge in [-0.3, -0.25) is 38.4 Å². The van der Waals surface area contributed by atoms with Gasteiger partial charge in [0.05, 0.1) is 34.4 Å². The molecule has 6 aromatic rings. The average Bonchev–Trinajstić information content (AvgIpc) is 3.92. The Hall–Kier alpha value is -5.71. The van der Waals surface area contributed by atoms with Gasteiger partial charge in [0.2, 0.25) is 11.8 Å². The predicted octanol–water partition coefficient (Wildman–Crippen LogP) is 4.52. The lowest BCUT2D eigenvalue weighted by Gasteiger charge is -2.39. The van der Waals surface area contributed by atoms with Gasteiger partial charge in [-0.1, -0.05) is 12.1 Å². The van der Waals surface area contributed by atoms with Crippen molar-refractivity contribution in [1.82, 2.24) is 48.6 Å². The summed E-state index contributed by atoms with van der Waals surface area (Å²) in [5.41, 5.74) is 3.88. The molecule has 1 atom stereocenters. The van der Waals surface area contributed by atoms with Gasteiger partial charge >= 0.3 is 5.69 Å². The maximum atomic E-state index is 13.4. The molecular weight excluding hydrogens is 763 g/mol. The lowest BCUT2D eigenvalue weighted by molar-refractivity contribution is -0.135. The van der Waals surface area contributed by atoms with Crippen LogP contribution in [0.1, 0.15) is 98.8 Å². The molecule has 16 nitrogen and oxygen atoms in total. The number of aryl methyl sites for hydroxylation is 1. The number of imide groups is 1. The first-order valence-corrected chi connectivity index (χ1v) is 21.1. The minimum Gasteiger partial charge on any atom is -0.386 e. The number of para-hydroxylation sites is 1. The molecule has 2 saturated heterocycles. The molecule has 3 amide bonds. The molecule has 2 aromatic carbocycles. The molecule has 0 radical (unpaired) electrons. The number of carbonyl (C=O) groups is 3. The van der Waals surface area contributed by atoms with Gasteiger partial charge in [-0.15, -0.1) is 0 Å². The van der Waals surface area contributed by atoms with E-state index in [9.17, 15) is 24.3 Å². The summed E-state index contributed by atoms with van der Waals surface area (Å²) in [4.78, 5) is 60.7. The molecule has 3 fully saturated rings. The number of hydrogen-bond acceptors (Lipinski definition) is 10.